The number of hydrogen-bond acceptors (Lipinski definition) is 4. The number of carbonyl (C=O) groups excluding carboxylic acids is 2. The maximum Gasteiger partial charge on any atom is 0.303 e. The highest BCUT2D eigenvalue weighted by Gasteiger charge is 2.39. The van der Waals surface area contributed by atoms with E-state index in [1.54, 1.807) is 17.0 Å². The van der Waals surface area contributed by atoms with Crippen molar-refractivity contribution in [2.45, 2.75) is 13.5 Å². The number of rotatable bonds is 5. The van der Waals surface area contributed by atoms with Crippen LogP contribution in [0.4, 0.5) is 5.69 Å². The van der Waals surface area contributed by atoms with Gasteiger partial charge in [-0.3, -0.25) is 14.5 Å². The SMILES string of the molecule is CC[NH+](Cc1ccccc1)CN1C(=O)C(=O)c2cc3c(cc21)OCCO3. The van der Waals surface area contributed by atoms with Gasteiger partial charge < -0.3 is 14.4 Å². The van der Waals surface area contributed by atoms with E-state index in [1.807, 2.05) is 18.2 Å². The lowest BCUT2D eigenvalue weighted by Crippen LogP contribution is -3.12. The Morgan fingerprint density at radius 1 is 1.04 bits per heavy atom. The first kappa shape index (κ1) is 16.6. The summed E-state index contributed by atoms with van der Waals surface area (Å²) in [6, 6.07) is 13.5. The van der Waals surface area contributed by atoms with Gasteiger partial charge in [-0.05, 0) is 13.0 Å². The number of Topliss-reactive ketones (excluding diaryl/α,β-unsaturated/α-hetero) is 1. The predicted octanol–water partition coefficient (Wildman–Crippen LogP) is 1.05. The summed E-state index contributed by atoms with van der Waals surface area (Å²) in [7, 11) is 0. The number of ketones is 1. The minimum absolute atomic E-state index is 0.398. The molecule has 4 rings (SSSR count). The number of carbonyl (C=O) groups is 2. The van der Waals surface area contributed by atoms with Crippen molar-refractivity contribution in [3.63, 3.8) is 0 Å². The molecule has 0 bridgehead atoms. The van der Waals surface area contributed by atoms with E-state index in [0.29, 0.717) is 42.6 Å². The summed E-state index contributed by atoms with van der Waals surface area (Å²) in [6.07, 6.45) is 0. The van der Waals surface area contributed by atoms with Crippen LogP contribution < -0.4 is 19.3 Å². The standard InChI is InChI=1S/C20H20N2O4/c1-2-21(12-14-6-4-3-5-7-14)13-22-16-11-18-17(25-8-9-26-18)10-15(16)19(23)20(22)24/h3-7,10-11H,2,8-9,12-13H2,1H3/p+1. The minimum atomic E-state index is -0.485. The zero-order chi connectivity index (χ0) is 18.1. The Balaban J connectivity index is 1.61. The molecule has 0 fully saturated rings. The minimum Gasteiger partial charge on any atom is -0.486 e. The molecule has 2 aliphatic rings. The van der Waals surface area contributed by atoms with Gasteiger partial charge in [0.2, 0.25) is 0 Å². The van der Waals surface area contributed by atoms with Gasteiger partial charge in [-0.15, -0.1) is 0 Å². The number of anilines is 1. The molecule has 0 aromatic heterocycles. The molecule has 2 aromatic rings. The van der Waals surface area contributed by atoms with Crippen LogP contribution in [0, 0.1) is 0 Å². The summed E-state index contributed by atoms with van der Waals surface area (Å²) in [4.78, 5) is 27.7. The molecule has 1 N–H and O–H groups in total. The van der Waals surface area contributed by atoms with Crippen molar-refractivity contribution >= 4 is 17.4 Å². The third kappa shape index (κ3) is 2.93. The number of benzene rings is 2. The lowest BCUT2D eigenvalue weighted by molar-refractivity contribution is -0.910. The molecule has 1 atom stereocenters. The predicted molar refractivity (Wildman–Crippen MR) is 95.8 cm³/mol. The van der Waals surface area contributed by atoms with Crippen LogP contribution in [0.5, 0.6) is 11.5 Å². The van der Waals surface area contributed by atoms with E-state index >= 15 is 0 Å². The van der Waals surface area contributed by atoms with E-state index in [9.17, 15) is 9.59 Å². The molecule has 2 heterocycles. The fourth-order valence-electron chi connectivity index (χ4n) is 3.39. The molecule has 1 unspecified atom stereocenters. The Labute approximate surface area is 151 Å². The van der Waals surface area contributed by atoms with Crippen molar-refractivity contribution in [1.29, 1.82) is 0 Å². The molecule has 6 nitrogen and oxygen atoms in total. The molecule has 134 valence electrons. The molecule has 1 amide bonds. The Hall–Kier alpha value is -2.86. The molecule has 0 aliphatic carbocycles. The van der Waals surface area contributed by atoms with Crippen LogP contribution in [0.25, 0.3) is 0 Å². The van der Waals surface area contributed by atoms with Crippen LogP contribution in [-0.2, 0) is 11.3 Å². The Kier molecular flexibility index (Phi) is 4.34. The van der Waals surface area contributed by atoms with Crippen LogP contribution in [0.3, 0.4) is 0 Å². The first-order chi connectivity index (χ1) is 12.7. The molecule has 0 saturated heterocycles. The normalized spacial score (nSPS) is 16.6. The molecule has 0 radical (unpaired) electrons. The molecule has 26 heavy (non-hydrogen) atoms. The van der Waals surface area contributed by atoms with Gasteiger partial charge >= 0.3 is 5.91 Å². The number of fused-ring (bicyclic) bond motifs is 2. The topological polar surface area (TPSA) is 60.3 Å². The average molecular weight is 353 g/mol. The Morgan fingerprint density at radius 3 is 2.42 bits per heavy atom. The fourth-order valence-corrected chi connectivity index (χ4v) is 3.39. The summed E-state index contributed by atoms with van der Waals surface area (Å²) in [5.74, 6) is 0.152. The molecule has 0 saturated carbocycles. The van der Waals surface area contributed by atoms with Crippen molar-refractivity contribution < 1.29 is 24.0 Å². The molecule has 2 aromatic carbocycles. The van der Waals surface area contributed by atoms with E-state index in [4.69, 9.17) is 9.47 Å². The van der Waals surface area contributed by atoms with E-state index in [-0.39, 0.29) is 0 Å². The first-order valence-electron chi connectivity index (χ1n) is 8.84. The zero-order valence-electron chi connectivity index (χ0n) is 14.7. The van der Waals surface area contributed by atoms with Gasteiger partial charge in [0.05, 0.1) is 17.8 Å². The van der Waals surface area contributed by atoms with Gasteiger partial charge in [0.15, 0.2) is 18.2 Å². The highest BCUT2D eigenvalue weighted by Crippen LogP contribution is 2.40. The summed E-state index contributed by atoms with van der Waals surface area (Å²) >= 11 is 0. The highest BCUT2D eigenvalue weighted by molar-refractivity contribution is 6.52. The van der Waals surface area contributed by atoms with Crippen molar-refractivity contribution in [2.75, 3.05) is 31.3 Å². The summed E-state index contributed by atoms with van der Waals surface area (Å²) in [6.45, 7) is 5.05. The van der Waals surface area contributed by atoms with Gasteiger partial charge in [-0.2, -0.15) is 0 Å². The second-order valence-corrected chi connectivity index (χ2v) is 6.50. The number of quaternary nitrogens is 1. The van der Waals surface area contributed by atoms with Gasteiger partial charge in [0.25, 0.3) is 5.78 Å². The quantitative estimate of drug-likeness (QED) is 0.817. The molecular formula is C20H21N2O4+. The molecule has 2 aliphatic heterocycles. The smallest absolute Gasteiger partial charge is 0.303 e. The van der Waals surface area contributed by atoms with Crippen LogP contribution in [0.15, 0.2) is 42.5 Å². The number of nitrogens with one attached hydrogen (secondary N) is 1. The number of amides is 1. The van der Waals surface area contributed by atoms with Gasteiger partial charge in [-0.1, -0.05) is 30.3 Å². The maximum atomic E-state index is 12.6. The number of ether oxygens (including phenoxy) is 2. The van der Waals surface area contributed by atoms with E-state index in [2.05, 4.69) is 19.1 Å². The third-order valence-corrected chi connectivity index (χ3v) is 4.81. The van der Waals surface area contributed by atoms with Gasteiger partial charge in [0.1, 0.15) is 19.8 Å². The van der Waals surface area contributed by atoms with Crippen LogP contribution >= 0.6 is 0 Å². The van der Waals surface area contributed by atoms with Crippen molar-refractivity contribution in [3.05, 3.63) is 53.6 Å². The molecule has 6 heteroatoms. The second-order valence-electron chi connectivity index (χ2n) is 6.50. The van der Waals surface area contributed by atoms with Gasteiger partial charge in [-0.25, -0.2) is 0 Å². The van der Waals surface area contributed by atoms with Gasteiger partial charge in [0, 0.05) is 11.6 Å². The summed E-state index contributed by atoms with van der Waals surface area (Å²) < 4.78 is 11.1. The van der Waals surface area contributed by atoms with Crippen LogP contribution in [-0.4, -0.2) is 38.1 Å². The van der Waals surface area contributed by atoms with Crippen LogP contribution in [0.2, 0.25) is 0 Å². The van der Waals surface area contributed by atoms with E-state index < -0.39 is 11.7 Å². The molecular weight excluding hydrogens is 332 g/mol. The van der Waals surface area contributed by atoms with Crippen LogP contribution in [0.1, 0.15) is 22.8 Å². The monoisotopic (exact) mass is 353 g/mol. The second kappa shape index (κ2) is 6.80. The molecule has 0 spiro atoms. The number of nitrogens with zero attached hydrogens (tertiary/aromatic N) is 1. The van der Waals surface area contributed by atoms with E-state index in [1.165, 1.54) is 10.5 Å². The lowest BCUT2D eigenvalue weighted by Gasteiger charge is -2.25. The fraction of sp³-hybridized carbons (Fsp3) is 0.300. The lowest BCUT2D eigenvalue weighted by atomic mass is 10.1. The Morgan fingerprint density at radius 2 is 1.73 bits per heavy atom. The summed E-state index contributed by atoms with van der Waals surface area (Å²) in [5, 5.41) is 0. The van der Waals surface area contributed by atoms with Crippen molar-refractivity contribution in [3.8, 4) is 11.5 Å². The van der Waals surface area contributed by atoms with Crippen molar-refractivity contribution in [2.24, 2.45) is 0 Å². The summed E-state index contributed by atoms with van der Waals surface area (Å²) in [5.41, 5.74) is 2.21. The third-order valence-electron chi connectivity index (χ3n) is 4.81. The maximum absolute atomic E-state index is 12.6. The average Bonchev–Trinajstić information content (AvgIpc) is 2.91. The zero-order valence-corrected chi connectivity index (χ0v) is 14.7. The Bertz CT molecular complexity index is 850. The first-order valence-corrected chi connectivity index (χ1v) is 8.84. The number of hydrogen-bond donors (Lipinski definition) is 1. The highest BCUT2D eigenvalue weighted by atomic mass is 16.6. The largest absolute Gasteiger partial charge is 0.486 e. The van der Waals surface area contributed by atoms with E-state index in [0.717, 1.165) is 13.1 Å². The van der Waals surface area contributed by atoms with Crippen molar-refractivity contribution in [1.82, 2.24) is 0 Å².